The molecule has 0 aromatic carbocycles. The zero-order valence-electron chi connectivity index (χ0n) is 10.1. The maximum absolute atomic E-state index is 11.9. The van der Waals surface area contributed by atoms with Gasteiger partial charge in [0.05, 0.1) is 6.54 Å². The van der Waals surface area contributed by atoms with Crippen molar-refractivity contribution in [3.05, 3.63) is 57.4 Å². The Kier molecular flexibility index (Phi) is 2.80. The van der Waals surface area contributed by atoms with Crippen LogP contribution in [0.4, 0.5) is 0 Å². The number of aromatic nitrogens is 1. The summed E-state index contributed by atoms with van der Waals surface area (Å²) in [5.74, 6) is 1.24. The maximum Gasteiger partial charge on any atom is 0.251 e. The highest BCUT2D eigenvalue weighted by molar-refractivity contribution is 5.26. The Morgan fingerprint density at radius 1 is 1.17 bits per heavy atom. The second-order valence-electron chi connectivity index (χ2n) is 4.61. The summed E-state index contributed by atoms with van der Waals surface area (Å²) in [6.07, 6.45) is 3.12. The van der Waals surface area contributed by atoms with Gasteiger partial charge in [0, 0.05) is 11.8 Å². The van der Waals surface area contributed by atoms with Gasteiger partial charge >= 0.3 is 0 Å². The van der Waals surface area contributed by atoms with Crippen LogP contribution in [0.5, 0.6) is 0 Å². The minimum atomic E-state index is -0.109. The number of rotatable bonds is 3. The first kappa shape index (κ1) is 11.3. The fraction of sp³-hybridized carbons (Fsp3) is 0.357. The molecule has 0 bridgehead atoms. The maximum atomic E-state index is 11.9. The molecule has 0 aliphatic heterocycles. The molecule has 0 atom stereocenters. The van der Waals surface area contributed by atoms with Gasteiger partial charge in [-0.2, -0.15) is 0 Å². The topological polar surface area (TPSA) is 55.4 Å². The van der Waals surface area contributed by atoms with E-state index in [1.807, 2.05) is 12.1 Å². The number of aliphatic hydroxyl groups excluding tert-OH is 1. The quantitative estimate of drug-likeness (QED) is 0.891. The lowest BCUT2D eigenvalue weighted by Gasteiger charge is -2.10. The fourth-order valence-corrected chi connectivity index (χ4v) is 2.56. The van der Waals surface area contributed by atoms with Crippen LogP contribution in [-0.2, 0) is 26.0 Å². The third-order valence-electron chi connectivity index (χ3n) is 3.44. The zero-order valence-corrected chi connectivity index (χ0v) is 10.1. The van der Waals surface area contributed by atoms with Crippen LogP contribution >= 0.6 is 0 Å². The minimum Gasteiger partial charge on any atom is -0.462 e. The van der Waals surface area contributed by atoms with Crippen molar-refractivity contribution in [2.45, 2.75) is 32.4 Å². The largest absolute Gasteiger partial charge is 0.462 e. The van der Waals surface area contributed by atoms with Gasteiger partial charge in [0.15, 0.2) is 0 Å². The van der Waals surface area contributed by atoms with Crippen LogP contribution in [0.1, 0.15) is 29.2 Å². The molecule has 0 saturated heterocycles. The Balaban J connectivity index is 1.97. The molecule has 4 heteroatoms. The standard InChI is InChI=1S/C14H15NO3/c16-9-12-6-5-11(18-12)8-15-13-3-1-2-10(13)4-7-14(15)17/h4-7,16H,1-3,8-9H2. The van der Waals surface area contributed by atoms with E-state index in [0.717, 1.165) is 25.0 Å². The molecule has 1 aliphatic carbocycles. The monoisotopic (exact) mass is 245 g/mol. The van der Waals surface area contributed by atoms with Crippen LogP contribution in [0.2, 0.25) is 0 Å². The van der Waals surface area contributed by atoms with Crippen molar-refractivity contribution in [2.24, 2.45) is 0 Å². The van der Waals surface area contributed by atoms with Gasteiger partial charge in [0.25, 0.3) is 5.56 Å². The molecule has 0 saturated carbocycles. The predicted octanol–water partition coefficient (Wildman–Crippen LogP) is 1.47. The number of pyridine rings is 1. The third-order valence-corrected chi connectivity index (χ3v) is 3.44. The number of aryl methyl sites for hydroxylation is 1. The van der Waals surface area contributed by atoms with Gasteiger partial charge in [-0.25, -0.2) is 0 Å². The highest BCUT2D eigenvalue weighted by Gasteiger charge is 2.16. The van der Waals surface area contributed by atoms with Crippen molar-refractivity contribution < 1.29 is 9.52 Å². The van der Waals surface area contributed by atoms with Crippen molar-refractivity contribution in [2.75, 3.05) is 0 Å². The summed E-state index contributed by atoms with van der Waals surface area (Å²) in [6.45, 7) is 0.337. The molecular formula is C14H15NO3. The van der Waals surface area contributed by atoms with E-state index < -0.39 is 0 Å². The van der Waals surface area contributed by atoms with Gasteiger partial charge < -0.3 is 14.1 Å². The van der Waals surface area contributed by atoms with Crippen molar-refractivity contribution >= 4 is 0 Å². The van der Waals surface area contributed by atoms with Crippen LogP contribution in [0.3, 0.4) is 0 Å². The molecule has 0 radical (unpaired) electrons. The summed E-state index contributed by atoms with van der Waals surface area (Å²) >= 11 is 0. The molecule has 1 N–H and O–H groups in total. The molecule has 0 unspecified atom stereocenters. The normalized spacial score (nSPS) is 13.8. The van der Waals surface area contributed by atoms with E-state index in [9.17, 15) is 4.79 Å². The minimum absolute atomic E-state index is 0.0117. The number of fused-ring (bicyclic) bond motifs is 1. The molecule has 0 spiro atoms. The second-order valence-corrected chi connectivity index (χ2v) is 4.61. The highest BCUT2D eigenvalue weighted by atomic mass is 16.4. The van der Waals surface area contributed by atoms with E-state index in [1.54, 1.807) is 16.7 Å². The van der Waals surface area contributed by atoms with Crippen molar-refractivity contribution in [3.8, 4) is 0 Å². The van der Waals surface area contributed by atoms with E-state index in [-0.39, 0.29) is 12.2 Å². The summed E-state index contributed by atoms with van der Waals surface area (Å²) in [4.78, 5) is 11.9. The van der Waals surface area contributed by atoms with Crippen LogP contribution < -0.4 is 5.56 Å². The Bertz CT molecular complexity index is 624. The van der Waals surface area contributed by atoms with Crippen LogP contribution in [0.25, 0.3) is 0 Å². The van der Waals surface area contributed by atoms with Gasteiger partial charge in [-0.15, -0.1) is 0 Å². The Labute approximate surface area is 104 Å². The number of hydrogen-bond donors (Lipinski definition) is 1. The summed E-state index contributed by atoms with van der Waals surface area (Å²) in [7, 11) is 0. The summed E-state index contributed by atoms with van der Waals surface area (Å²) in [5, 5.41) is 8.96. The van der Waals surface area contributed by atoms with Gasteiger partial charge in [-0.1, -0.05) is 6.07 Å². The van der Waals surface area contributed by atoms with Gasteiger partial charge in [-0.05, 0) is 37.0 Å². The van der Waals surface area contributed by atoms with Gasteiger partial charge in [0.2, 0.25) is 0 Å². The van der Waals surface area contributed by atoms with Crippen molar-refractivity contribution in [1.82, 2.24) is 4.57 Å². The van der Waals surface area contributed by atoms with E-state index in [0.29, 0.717) is 18.1 Å². The fourth-order valence-electron chi connectivity index (χ4n) is 2.56. The molecular weight excluding hydrogens is 230 g/mol. The SMILES string of the molecule is O=c1ccc2c(n1Cc1ccc(CO)o1)CCC2. The molecule has 94 valence electrons. The second kappa shape index (κ2) is 4.46. The van der Waals surface area contributed by atoms with Gasteiger partial charge in [-0.3, -0.25) is 4.79 Å². The molecule has 0 amide bonds. The van der Waals surface area contributed by atoms with Crippen LogP contribution in [0.15, 0.2) is 33.5 Å². The predicted molar refractivity (Wildman–Crippen MR) is 66.5 cm³/mol. The molecule has 2 aromatic rings. The molecule has 18 heavy (non-hydrogen) atoms. The van der Waals surface area contributed by atoms with Crippen LogP contribution in [0, 0.1) is 0 Å². The summed E-state index contributed by atoms with van der Waals surface area (Å²) < 4.78 is 7.22. The van der Waals surface area contributed by atoms with Crippen molar-refractivity contribution in [1.29, 1.82) is 0 Å². The first-order valence-corrected chi connectivity index (χ1v) is 6.18. The lowest BCUT2D eigenvalue weighted by molar-refractivity contribution is 0.243. The highest BCUT2D eigenvalue weighted by Crippen LogP contribution is 2.21. The Hall–Kier alpha value is -1.81. The number of hydrogen-bond acceptors (Lipinski definition) is 3. The third kappa shape index (κ3) is 1.88. The molecule has 0 fully saturated rings. The summed E-state index contributed by atoms with van der Waals surface area (Å²) in [5.41, 5.74) is 2.41. The molecule has 2 aromatic heterocycles. The molecule has 4 nitrogen and oxygen atoms in total. The van der Waals surface area contributed by atoms with E-state index >= 15 is 0 Å². The van der Waals surface area contributed by atoms with Crippen LogP contribution in [-0.4, -0.2) is 9.67 Å². The van der Waals surface area contributed by atoms with Crippen molar-refractivity contribution in [3.63, 3.8) is 0 Å². The lowest BCUT2D eigenvalue weighted by Crippen LogP contribution is -2.23. The average Bonchev–Trinajstić information content (AvgIpc) is 3.01. The number of nitrogens with zero attached hydrogens (tertiary/aromatic N) is 1. The molecule has 1 aliphatic rings. The average molecular weight is 245 g/mol. The van der Waals surface area contributed by atoms with E-state index in [2.05, 4.69) is 0 Å². The van der Waals surface area contributed by atoms with Gasteiger partial charge in [0.1, 0.15) is 18.1 Å². The summed E-state index contributed by atoms with van der Waals surface area (Å²) in [6, 6.07) is 7.11. The number of aliphatic hydroxyl groups is 1. The smallest absolute Gasteiger partial charge is 0.251 e. The lowest BCUT2D eigenvalue weighted by atomic mass is 10.2. The Morgan fingerprint density at radius 3 is 2.78 bits per heavy atom. The zero-order chi connectivity index (χ0) is 12.5. The molecule has 2 heterocycles. The Morgan fingerprint density at radius 2 is 2.00 bits per heavy atom. The molecule has 3 rings (SSSR count). The number of furan rings is 1. The van der Waals surface area contributed by atoms with E-state index in [4.69, 9.17) is 9.52 Å². The van der Waals surface area contributed by atoms with E-state index in [1.165, 1.54) is 5.56 Å². The first-order chi connectivity index (χ1) is 8.78. The first-order valence-electron chi connectivity index (χ1n) is 6.18.